The fourth-order valence-corrected chi connectivity index (χ4v) is 9.88. The molecule has 0 radical (unpaired) electrons. The molecule has 3 aromatic rings. The zero-order valence-corrected chi connectivity index (χ0v) is 48.5. The van der Waals surface area contributed by atoms with Crippen LogP contribution in [0.2, 0.25) is 0 Å². The van der Waals surface area contributed by atoms with E-state index in [1.54, 1.807) is 37.2 Å². The maximum Gasteiger partial charge on any atom is 0.320 e. The molecular weight excluding hydrogens is 1100 g/mol. The quantitative estimate of drug-likeness (QED) is 0.0385. The second kappa shape index (κ2) is 35.9. The maximum absolute atomic E-state index is 13.1. The van der Waals surface area contributed by atoms with Gasteiger partial charge in [0.1, 0.15) is 17.5 Å². The van der Waals surface area contributed by atoms with Gasteiger partial charge >= 0.3 is 29.9 Å². The van der Waals surface area contributed by atoms with Gasteiger partial charge < -0.3 is 70.4 Å². The Bertz CT molecular complexity index is 2550. The van der Waals surface area contributed by atoms with Gasteiger partial charge in [0.15, 0.2) is 5.82 Å². The van der Waals surface area contributed by atoms with Crippen LogP contribution in [0, 0.1) is 5.92 Å². The summed E-state index contributed by atoms with van der Waals surface area (Å²) in [6.07, 6.45) is 2.30. The molecule has 2 aliphatic heterocycles. The minimum atomic E-state index is -1.18. The van der Waals surface area contributed by atoms with Gasteiger partial charge in [-0.3, -0.25) is 52.9 Å². The van der Waals surface area contributed by atoms with Crippen molar-refractivity contribution in [3.8, 4) is 28.6 Å². The topological polar surface area (TPSA) is 361 Å². The number of likely N-dealkylation sites (tertiary alicyclic amines) is 1. The molecule has 1 unspecified atom stereocenters. The highest BCUT2D eigenvalue weighted by atomic mass is 16.6. The lowest BCUT2D eigenvalue weighted by molar-refractivity contribution is -0.145. The number of carboxylic acid groups (broad SMARTS) is 4. The third-order valence-corrected chi connectivity index (χ3v) is 14.4. The number of amides is 4. The lowest BCUT2D eigenvalue weighted by atomic mass is 9.90. The maximum atomic E-state index is 13.1. The molecule has 2 saturated heterocycles. The molecule has 9 N–H and O–H groups in total. The van der Waals surface area contributed by atoms with Crippen LogP contribution in [0.4, 0.5) is 4.79 Å². The zero-order chi connectivity index (χ0) is 61.0. The van der Waals surface area contributed by atoms with Crippen LogP contribution in [-0.2, 0) is 49.3 Å². The van der Waals surface area contributed by atoms with Gasteiger partial charge in [-0.15, -0.1) is 10.2 Å². The molecule has 28 heteroatoms. The Morgan fingerprint density at radius 2 is 1.12 bits per heavy atom. The lowest BCUT2D eigenvalue weighted by Gasteiger charge is -2.35. The van der Waals surface area contributed by atoms with Crippen LogP contribution < -0.4 is 16.0 Å². The molecule has 1 atom stereocenters. The van der Waals surface area contributed by atoms with E-state index < -0.39 is 35.8 Å². The summed E-state index contributed by atoms with van der Waals surface area (Å²) in [5.41, 5.74) is 2.68. The van der Waals surface area contributed by atoms with Crippen LogP contribution in [-0.4, -0.2) is 275 Å². The van der Waals surface area contributed by atoms with E-state index in [2.05, 4.69) is 26.1 Å². The summed E-state index contributed by atoms with van der Waals surface area (Å²) in [5.74, 6) is -4.84. The lowest BCUT2D eigenvalue weighted by Crippen LogP contribution is -2.52. The number of rotatable bonds is 33. The van der Waals surface area contributed by atoms with E-state index in [0.717, 1.165) is 24.8 Å². The van der Waals surface area contributed by atoms with Gasteiger partial charge in [0.2, 0.25) is 11.7 Å². The molecular formula is C56H85N11O17. The second-order valence-corrected chi connectivity index (χ2v) is 20.9. The number of benzene rings is 2. The number of aromatic hydroxyl groups is 2. The number of nitrogens with zero attached hydrogens (tertiary/aromatic N) is 8. The van der Waals surface area contributed by atoms with E-state index in [0.29, 0.717) is 81.9 Å². The predicted octanol–water partition coefficient (Wildman–Crippen LogP) is 1.07. The number of carbonyl (C=O) groups excluding carboxylic acids is 3. The van der Waals surface area contributed by atoms with Gasteiger partial charge in [0.25, 0.3) is 5.91 Å². The van der Waals surface area contributed by atoms with E-state index >= 15 is 0 Å². The molecule has 5 rings (SSSR count). The number of hydrogen-bond acceptors (Lipinski definition) is 19. The number of phenolic OH excluding ortho intramolecular Hbond substituents is 2. The summed E-state index contributed by atoms with van der Waals surface area (Å²) in [4.78, 5) is 94.2. The van der Waals surface area contributed by atoms with Crippen LogP contribution in [0.3, 0.4) is 0 Å². The Balaban J connectivity index is 0.895. The largest absolute Gasteiger partial charge is 0.508 e. The first-order valence-corrected chi connectivity index (χ1v) is 28.6. The highest BCUT2D eigenvalue weighted by Crippen LogP contribution is 2.38. The van der Waals surface area contributed by atoms with Gasteiger partial charge in [0, 0.05) is 103 Å². The normalized spacial score (nSPS) is 15.9. The highest BCUT2D eigenvalue weighted by Gasteiger charge is 2.30. The Morgan fingerprint density at radius 1 is 0.619 bits per heavy atom. The van der Waals surface area contributed by atoms with Crippen molar-refractivity contribution < 1.29 is 83.1 Å². The van der Waals surface area contributed by atoms with Crippen molar-refractivity contribution in [2.75, 3.05) is 158 Å². The van der Waals surface area contributed by atoms with Crippen LogP contribution in [0.15, 0.2) is 36.4 Å². The molecule has 0 bridgehead atoms. The van der Waals surface area contributed by atoms with E-state index in [1.165, 1.54) is 6.07 Å². The van der Waals surface area contributed by atoms with Gasteiger partial charge in [0.05, 0.1) is 78.1 Å². The third kappa shape index (κ3) is 23.2. The molecule has 1 aromatic heterocycles. The van der Waals surface area contributed by atoms with Crippen molar-refractivity contribution in [3.05, 3.63) is 53.3 Å². The number of urea groups is 1. The summed E-state index contributed by atoms with van der Waals surface area (Å²) in [6.45, 7) is 10.5. The molecule has 3 heterocycles. The molecule has 0 spiro atoms. The van der Waals surface area contributed by atoms with Crippen molar-refractivity contribution in [2.24, 2.45) is 5.92 Å². The van der Waals surface area contributed by atoms with Gasteiger partial charge in [-0.2, -0.15) is 0 Å². The SMILES string of the molecule is CCNC(=O)c1nnc(-c2cc(C(C)C)c(O)cc2O)n1-c1ccc(CC2CCN(C(=O)NCCOCCOCCOCCOCCNC(=O)CCC(C(=O)O)N3CCN(CC(=O)O)CCN(CC(=O)O)CCN(CC(=O)O)CC3)CC2)cc1. The molecule has 84 heavy (non-hydrogen) atoms. The number of carboxylic acids is 4. The van der Waals surface area contributed by atoms with E-state index in [-0.39, 0.29) is 152 Å². The number of nitrogens with one attached hydrogen (secondary N) is 3. The van der Waals surface area contributed by atoms with Crippen LogP contribution >= 0.6 is 0 Å². The number of ether oxygens (including phenoxy) is 4. The van der Waals surface area contributed by atoms with Crippen LogP contribution in [0.25, 0.3) is 17.1 Å². The Kier molecular flexibility index (Phi) is 29.0. The van der Waals surface area contributed by atoms with E-state index in [4.69, 9.17) is 18.9 Å². The smallest absolute Gasteiger partial charge is 0.320 e. The van der Waals surface area contributed by atoms with Crippen molar-refractivity contribution >= 4 is 41.7 Å². The second-order valence-electron chi connectivity index (χ2n) is 20.9. The van der Waals surface area contributed by atoms with Crippen molar-refractivity contribution in [2.45, 2.75) is 64.8 Å². The first-order chi connectivity index (χ1) is 40.3. The third-order valence-electron chi connectivity index (χ3n) is 14.4. The average Bonchev–Trinajstić information content (AvgIpc) is 3.85. The fraction of sp³-hybridized carbons (Fsp3) is 0.625. The first-order valence-electron chi connectivity index (χ1n) is 28.6. The molecule has 0 aliphatic carbocycles. The minimum Gasteiger partial charge on any atom is -0.508 e. The van der Waals surface area contributed by atoms with Gasteiger partial charge in [-0.1, -0.05) is 26.0 Å². The first kappa shape index (κ1) is 67.7. The Labute approximate surface area is 488 Å². The number of aliphatic carboxylic acids is 4. The zero-order valence-electron chi connectivity index (χ0n) is 48.5. The molecule has 4 amide bonds. The molecule has 28 nitrogen and oxygen atoms in total. The molecule has 0 saturated carbocycles. The number of phenols is 2. The number of hydrogen-bond donors (Lipinski definition) is 9. The standard InChI is InChI=1S/C56H85N11O17/c1-4-57-54(77)53-61-60-52(44-34-43(39(2)3)46(68)35-47(44)69)67(53)42-7-5-40(6-8-42)33-41-11-15-66(16-12-41)56(80)59-14-26-82-28-30-84-32-31-83-29-27-81-25-13-58-48(70)10-9-45(55(78)79)65-23-21-63(37-50(73)74)19-17-62(36-49(71)72)18-20-64(22-24-65)38-51(75)76/h5-8,34-35,39,41,45,68-69H,4,9-33,36-38H2,1-3H3,(H,57,77)(H,58,70)(H,59,80)(H,71,72)(H,73,74)(H,75,76)(H,78,79). The van der Waals surface area contributed by atoms with E-state index in [1.807, 2.05) is 43.0 Å². The number of piperidine rings is 1. The minimum absolute atomic E-state index is 0.0335. The summed E-state index contributed by atoms with van der Waals surface area (Å²) >= 11 is 0. The van der Waals surface area contributed by atoms with Crippen molar-refractivity contribution in [1.82, 2.24) is 55.2 Å². The summed E-state index contributed by atoms with van der Waals surface area (Å²) in [7, 11) is 0. The monoisotopic (exact) mass is 1180 g/mol. The van der Waals surface area contributed by atoms with Crippen molar-refractivity contribution in [3.63, 3.8) is 0 Å². The van der Waals surface area contributed by atoms with E-state index in [9.17, 15) is 64.2 Å². The molecule has 2 aromatic carbocycles. The fourth-order valence-electron chi connectivity index (χ4n) is 9.88. The highest BCUT2D eigenvalue weighted by molar-refractivity contribution is 5.92. The molecule has 2 fully saturated rings. The molecule has 2 aliphatic rings. The Hall–Kier alpha value is -7.05. The summed E-state index contributed by atoms with van der Waals surface area (Å²) in [5, 5.41) is 76.8. The van der Waals surface area contributed by atoms with Crippen LogP contribution in [0.5, 0.6) is 11.5 Å². The predicted molar refractivity (Wildman–Crippen MR) is 304 cm³/mol. The summed E-state index contributed by atoms with van der Waals surface area (Å²) in [6, 6.07) is 9.46. The van der Waals surface area contributed by atoms with Crippen LogP contribution in [0.1, 0.15) is 74.1 Å². The van der Waals surface area contributed by atoms with Gasteiger partial charge in [-0.25, -0.2) is 4.79 Å². The van der Waals surface area contributed by atoms with Crippen molar-refractivity contribution in [1.29, 1.82) is 0 Å². The summed E-state index contributed by atoms with van der Waals surface area (Å²) < 4.78 is 23.9. The Morgan fingerprint density at radius 3 is 1.61 bits per heavy atom. The van der Waals surface area contributed by atoms with Gasteiger partial charge in [-0.05, 0) is 73.8 Å². The number of aromatic nitrogens is 3. The average molecular weight is 1180 g/mol. The molecule has 466 valence electrons. The number of carbonyl (C=O) groups is 7.